The predicted octanol–water partition coefficient (Wildman–Crippen LogP) is 7.74. The van der Waals surface area contributed by atoms with Gasteiger partial charge >= 0.3 is 5.97 Å². The van der Waals surface area contributed by atoms with Gasteiger partial charge in [0.05, 0.1) is 29.7 Å². The van der Waals surface area contributed by atoms with E-state index in [0.717, 1.165) is 33.8 Å². The lowest BCUT2D eigenvalue weighted by molar-refractivity contribution is 0.0601. The molecule has 0 amide bonds. The van der Waals surface area contributed by atoms with Crippen molar-refractivity contribution in [2.75, 3.05) is 12.0 Å². The SMILES string of the molecule is COC(=O)c1ccc(-c2ccccc2)cc1N1c2ccccc2-c2cccc3cccc1c23. The Kier molecular flexibility index (Phi) is 4.48. The molecule has 1 heterocycles. The number of para-hydroxylation sites is 1. The Morgan fingerprint density at radius 2 is 1.33 bits per heavy atom. The van der Waals surface area contributed by atoms with Crippen molar-refractivity contribution in [3.63, 3.8) is 0 Å². The molecule has 0 spiro atoms. The van der Waals surface area contributed by atoms with Crippen LogP contribution in [0.15, 0.2) is 109 Å². The van der Waals surface area contributed by atoms with Crippen molar-refractivity contribution < 1.29 is 9.53 Å². The van der Waals surface area contributed by atoms with Gasteiger partial charge in [0.1, 0.15) is 0 Å². The quantitative estimate of drug-likeness (QED) is 0.271. The van der Waals surface area contributed by atoms with Gasteiger partial charge < -0.3 is 9.64 Å². The molecule has 3 heteroatoms. The minimum atomic E-state index is -0.354. The van der Waals surface area contributed by atoms with Crippen molar-refractivity contribution in [1.29, 1.82) is 0 Å². The van der Waals surface area contributed by atoms with Crippen LogP contribution in [0.2, 0.25) is 0 Å². The molecule has 1 aliphatic heterocycles. The zero-order chi connectivity index (χ0) is 22.4. The van der Waals surface area contributed by atoms with Crippen LogP contribution in [0.5, 0.6) is 0 Å². The van der Waals surface area contributed by atoms with Crippen molar-refractivity contribution in [3.8, 4) is 22.3 Å². The molecule has 0 fully saturated rings. The van der Waals surface area contributed by atoms with E-state index in [1.807, 2.05) is 36.4 Å². The Labute approximate surface area is 192 Å². The van der Waals surface area contributed by atoms with Crippen LogP contribution in [0.25, 0.3) is 33.0 Å². The first-order chi connectivity index (χ1) is 16.3. The maximum atomic E-state index is 12.9. The van der Waals surface area contributed by atoms with E-state index in [0.29, 0.717) is 5.56 Å². The van der Waals surface area contributed by atoms with Crippen molar-refractivity contribution in [2.24, 2.45) is 0 Å². The van der Waals surface area contributed by atoms with E-state index in [-0.39, 0.29) is 5.97 Å². The highest BCUT2D eigenvalue weighted by Gasteiger charge is 2.28. The molecular formula is C30H21NO2. The summed E-state index contributed by atoms with van der Waals surface area (Å²) in [5.41, 5.74) is 7.91. The number of hydrogen-bond acceptors (Lipinski definition) is 3. The number of methoxy groups -OCH3 is 1. The van der Waals surface area contributed by atoms with E-state index in [1.165, 1.54) is 23.4 Å². The second kappa shape index (κ2) is 7.64. The summed E-state index contributed by atoms with van der Waals surface area (Å²) in [5.74, 6) is -0.354. The summed E-state index contributed by atoms with van der Waals surface area (Å²) in [4.78, 5) is 15.1. The molecule has 0 aromatic heterocycles. The average Bonchev–Trinajstić information content (AvgIpc) is 2.89. The van der Waals surface area contributed by atoms with Crippen molar-refractivity contribution in [2.45, 2.75) is 0 Å². The zero-order valence-electron chi connectivity index (χ0n) is 18.2. The molecule has 0 saturated heterocycles. The normalized spacial score (nSPS) is 11.8. The molecular weight excluding hydrogens is 406 g/mol. The third-order valence-corrected chi connectivity index (χ3v) is 6.31. The van der Waals surface area contributed by atoms with Crippen molar-refractivity contribution in [3.05, 3.63) is 115 Å². The molecule has 5 aromatic rings. The van der Waals surface area contributed by atoms with Gasteiger partial charge in [-0.3, -0.25) is 0 Å². The molecule has 0 aliphatic carbocycles. The molecule has 1 aliphatic rings. The molecule has 0 saturated carbocycles. The van der Waals surface area contributed by atoms with Gasteiger partial charge in [0.25, 0.3) is 0 Å². The average molecular weight is 428 g/mol. The number of carbonyl (C=O) groups is 1. The lowest BCUT2D eigenvalue weighted by atomic mass is 9.90. The monoisotopic (exact) mass is 427 g/mol. The largest absolute Gasteiger partial charge is 0.465 e. The highest BCUT2D eigenvalue weighted by Crippen LogP contribution is 2.51. The minimum Gasteiger partial charge on any atom is -0.465 e. The molecule has 33 heavy (non-hydrogen) atoms. The van der Waals surface area contributed by atoms with Gasteiger partial charge in [-0.1, -0.05) is 84.9 Å². The smallest absolute Gasteiger partial charge is 0.339 e. The summed E-state index contributed by atoms with van der Waals surface area (Å²) < 4.78 is 5.18. The van der Waals surface area contributed by atoms with Crippen LogP contribution in [-0.2, 0) is 4.74 Å². The molecule has 0 bridgehead atoms. The van der Waals surface area contributed by atoms with E-state index in [2.05, 4.69) is 77.7 Å². The first-order valence-corrected chi connectivity index (χ1v) is 11.0. The number of hydrogen-bond donors (Lipinski definition) is 0. The summed E-state index contributed by atoms with van der Waals surface area (Å²) in [6, 6.07) is 37.2. The van der Waals surface area contributed by atoms with E-state index < -0.39 is 0 Å². The number of anilines is 3. The van der Waals surface area contributed by atoms with Crippen molar-refractivity contribution in [1.82, 2.24) is 0 Å². The van der Waals surface area contributed by atoms with Crippen molar-refractivity contribution >= 4 is 33.8 Å². The lowest BCUT2D eigenvalue weighted by Gasteiger charge is -2.34. The fourth-order valence-corrected chi connectivity index (χ4v) is 4.83. The lowest BCUT2D eigenvalue weighted by Crippen LogP contribution is -2.18. The van der Waals surface area contributed by atoms with Gasteiger partial charge in [-0.25, -0.2) is 4.79 Å². The highest BCUT2D eigenvalue weighted by atomic mass is 16.5. The summed E-state index contributed by atoms with van der Waals surface area (Å²) in [7, 11) is 1.43. The Morgan fingerprint density at radius 1 is 0.636 bits per heavy atom. The second-order valence-corrected chi connectivity index (χ2v) is 8.12. The Bertz CT molecular complexity index is 1520. The van der Waals surface area contributed by atoms with Gasteiger partial charge in [-0.05, 0) is 46.3 Å². The molecule has 0 unspecified atom stereocenters. The Balaban J connectivity index is 1.69. The number of rotatable bonds is 3. The number of ether oxygens (including phenoxy) is 1. The van der Waals surface area contributed by atoms with E-state index in [4.69, 9.17) is 4.74 Å². The summed E-state index contributed by atoms with van der Waals surface area (Å²) in [6.45, 7) is 0. The first kappa shape index (κ1) is 19.3. The van der Waals surface area contributed by atoms with Crippen LogP contribution < -0.4 is 4.90 Å². The summed E-state index contributed by atoms with van der Waals surface area (Å²) >= 11 is 0. The van der Waals surface area contributed by atoms with Gasteiger partial charge in [0.2, 0.25) is 0 Å². The second-order valence-electron chi connectivity index (χ2n) is 8.12. The first-order valence-electron chi connectivity index (χ1n) is 11.0. The summed E-state index contributed by atoms with van der Waals surface area (Å²) in [6.07, 6.45) is 0. The third-order valence-electron chi connectivity index (χ3n) is 6.31. The molecule has 0 atom stereocenters. The van der Waals surface area contributed by atoms with Crippen LogP contribution in [0.1, 0.15) is 10.4 Å². The molecule has 6 rings (SSSR count). The zero-order valence-corrected chi connectivity index (χ0v) is 18.2. The van der Waals surface area contributed by atoms with Crippen LogP contribution >= 0.6 is 0 Å². The third kappa shape index (κ3) is 3.01. The number of benzene rings is 5. The molecule has 0 radical (unpaired) electrons. The van der Waals surface area contributed by atoms with E-state index >= 15 is 0 Å². The topological polar surface area (TPSA) is 29.5 Å². The van der Waals surface area contributed by atoms with E-state index in [1.54, 1.807) is 0 Å². The van der Waals surface area contributed by atoms with E-state index in [9.17, 15) is 4.79 Å². The minimum absolute atomic E-state index is 0.354. The maximum Gasteiger partial charge on any atom is 0.339 e. The Hall–Kier alpha value is -4.37. The fraction of sp³-hybridized carbons (Fsp3) is 0.0333. The molecule has 158 valence electrons. The number of esters is 1. The number of carbonyl (C=O) groups excluding carboxylic acids is 1. The van der Waals surface area contributed by atoms with Crippen LogP contribution in [0.3, 0.4) is 0 Å². The van der Waals surface area contributed by atoms with Gasteiger partial charge in [-0.15, -0.1) is 0 Å². The standard InChI is InChI=1S/C30H21NO2/c1-33-30(32)25-18-17-22(20-9-3-2-4-10-20)19-28(25)31-26-15-6-5-13-23(26)24-14-7-11-21-12-8-16-27(31)29(21)24/h2-19H,1H3. The van der Waals surface area contributed by atoms with Gasteiger partial charge in [0.15, 0.2) is 0 Å². The highest BCUT2D eigenvalue weighted by molar-refractivity contribution is 6.15. The molecule has 3 nitrogen and oxygen atoms in total. The predicted molar refractivity (Wildman–Crippen MR) is 134 cm³/mol. The maximum absolute atomic E-state index is 12.9. The van der Waals surface area contributed by atoms with Crippen LogP contribution in [-0.4, -0.2) is 13.1 Å². The van der Waals surface area contributed by atoms with Crippen LogP contribution in [0.4, 0.5) is 17.1 Å². The van der Waals surface area contributed by atoms with Crippen LogP contribution in [0, 0.1) is 0 Å². The Morgan fingerprint density at radius 3 is 2.15 bits per heavy atom. The fourth-order valence-electron chi connectivity index (χ4n) is 4.83. The summed E-state index contributed by atoms with van der Waals surface area (Å²) in [5, 5.41) is 2.35. The molecule has 0 N–H and O–H groups in total. The molecule has 5 aromatic carbocycles. The number of fused-ring (bicyclic) bond motifs is 2. The van der Waals surface area contributed by atoms with Gasteiger partial charge in [-0.2, -0.15) is 0 Å². The van der Waals surface area contributed by atoms with Gasteiger partial charge in [0, 0.05) is 10.9 Å². The number of nitrogens with zero attached hydrogens (tertiary/aromatic N) is 1.